The minimum Gasteiger partial charge on any atom is -0.507 e. The number of carbonyl (C=O) groups excluding carboxylic acids is 2. The van der Waals surface area contributed by atoms with Crippen molar-refractivity contribution < 1.29 is 28.9 Å². The number of rotatable bonds is 7. The molecule has 0 unspecified atom stereocenters. The Kier molecular flexibility index (Phi) is 7.41. The molecule has 2 aliphatic rings. The summed E-state index contributed by atoms with van der Waals surface area (Å²) in [5, 5.41) is 11.7. The smallest absolute Gasteiger partial charge is 0.295 e. The van der Waals surface area contributed by atoms with Crippen molar-refractivity contribution in [3.8, 4) is 11.5 Å². The van der Waals surface area contributed by atoms with E-state index in [0.717, 1.165) is 13.1 Å². The van der Waals surface area contributed by atoms with Gasteiger partial charge in [0, 0.05) is 36.8 Å². The van der Waals surface area contributed by atoms with Crippen LogP contribution in [0.15, 0.2) is 48.0 Å². The van der Waals surface area contributed by atoms with Crippen LogP contribution in [0.5, 0.6) is 11.5 Å². The van der Waals surface area contributed by atoms with Crippen LogP contribution in [0, 0.1) is 0 Å². The van der Waals surface area contributed by atoms with Crippen LogP contribution >= 0.6 is 11.6 Å². The first kappa shape index (κ1) is 24.1. The molecule has 0 aliphatic carbocycles. The Morgan fingerprint density at radius 3 is 2.47 bits per heavy atom. The zero-order valence-electron chi connectivity index (χ0n) is 19.1. The number of methoxy groups -OCH3 is 2. The number of hydrogen-bond donors (Lipinski definition) is 1. The van der Waals surface area contributed by atoms with E-state index in [1.54, 1.807) is 42.5 Å². The number of Topliss-reactive ketones (excluding diaryl/α,β-unsaturated/α-hetero) is 1. The molecule has 0 saturated carbocycles. The Bertz CT molecular complexity index is 1110. The van der Waals surface area contributed by atoms with Gasteiger partial charge in [0.05, 0.1) is 39.0 Å². The van der Waals surface area contributed by atoms with Crippen molar-refractivity contribution in [1.29, 1.82) is 0 Å². The fourth-order valence-corrected chi connectivity index (χ4v) is 4.55. The van der Waals surface area contributed by atoms with Gasteiger partial charge in [0.15, 0.2) is 11.5 Å². The van der Waals surface area contributed by atoms with E-state index in [4.69, 9.17) is 25.8 Å². The molecule has 2 aliphatic heterocycles. The number of amides is 1. The van der Waals surface area contributed by atoms with Crippen molar-refractivity contribution in [2.24, 2.45) is 0 Å². The van der Waals surface area contributed by atoms with E-state index >= 15 is 0 Å². The first-order chi connectivity index (χ1) is 16.4. The monoisotopic (exact) mass is 486 g/mol. The predicted octanol–water partition coefficient (Wildman–Crippen LogP) is 3.11. The third-order valence-electron chi connectivity index (χ3n) is 6.12. The average molecular weight is 487 g/mol. The lowest BCUT2D eigenvalue weighted by Crippen LogP contribution is -2.42. The van der Waals surface area contributed by atoms with E-state index in [0.29, 0.717) is 54.0 Å². The minimum atomic E-state index is -0.771. The molecule has 4 rings (SSSR count). The van der Waals surface area contributed by atoms with Crippen LogP contribution in [0.3, 0.4) is 0 Å². The quantitative estimate of drug-likeness (QED) is 0.365. The third kappa shape index (κ3) is 4.75. The SMILES string of the molecule is COc1ccc(/C(O)=C2\C(=O)C(=O)N(CCN3CCOCC3)[C@H]2c2cccc(Cl)c2)cc1OC. The lowest BCUT2D eigenvalue weighted by molar-refractivity contribution is -0.140. The summed E-state index contributed by atoms with van der Waals surface area (Å²) in [5.41, 5.74) is 1.01. The summed E-state index contributed by atoms with van der Waals surface area (Å²) in [4.78, 5) is 30.0. The molecule has 2 saturated heterocycles. The molecule has 0 spiro atoms. The summed E-state index contributed by atoms with van der Waals surface area (Å²) in [6.45, 7) is 3.70. The second-order valence-corrected chi connectivity index (χ2v) is 8.51. The molecule has 0 bridgehead atoms. The lowest BCUT2D eigenvalue weighted by Gasteiger charge is -2.31. The molecule has 1 N–H and O–H groups in total. The van der Waals surface area contributed by atoms with Crippen LogP contribution in [0.25, 0.3) is 5.76 Å². The number of hydrogen-bond acceptors (Lipinski definition) is 7. The van der Waals surface area contributed by atoms with Crippen LogP contribution in [0.1, 0.15) is 17.2 Å². The zero-order chi connectivity index (χ0) is 24.2. The van der Waals surface area contributed by atoms with Gasteiger partial charge >= 0.3 is 0 Å². The largest absolute Gasteiger partial charge is 0.507 e. The van der Waals surface area contributed by atoms with Gasteiger partial charge in [0.1, 0.15) is 5.76 Å². The first-order valence-corrected chi connectivity index (χ1v) is 11.4. The second kappa shape index (κ2) is 10.5. The number of carbonyl (C=O) groups is 2. The maximum absolute atomic E-state index is 13.2. The molecule has 34 heavy (non-hydrogen) atoms. The van der Waals surface area contributed by atoms with Crippen LogP contribution in [-0.2, 0) is 14.3 Å². The third-order valence-corrected chi connectivity index (χ3v) is 6.36. The summed E-state index contributed by atoms with van der Waals surface area (Å²) in [7, 11) is 2.99. The van der Waals surface area contributed by atoms with E-state index in [1.807, 2.05) is 0 Å². The number of benzene rings is 2. The maximum atomic E-state index is 13.2. The highest BCUT2D eigenvalue weighted by Crippen LogP contribution is 2.41. The Morgan fingerprint density at radius 2 is 1.79 bits per heavy atom. The van der Waals surface area contributed by atoms with Crippen molar-refractivity contribution in [2.45, 2.75) is 6.04 Å². The number of likely N-dealkylation sites (tertiary alicyclic amines) is 1. The standard InChI is InChI=1S/C25H27ClN2O6/c1-32-19-7-6-17(15-20(19)33-2)23(29)21-22(16-4-3-5-18(26)14-16)28(25(31)24(21)30)9-8-27-10-12-34-13-11-27/h3-7,14-15,22,29H,8-13H2,1-2H3/b23-21+/t22-/m0/s1. The van der Waals surface area contributed by atoms with Crippen LogP contribution in [-0.4, -0.2) is 80.2 Å². The fraction of sp³-hybridized carbons (Fsp3) is 0.360. The molecule has 9 heteroatoms. The van der Waals surface area contributed by atoms with E-state index in [1.165, 1.54) is 19.1 Å². The summed E-state index contributed by atoms with van der Waals surface area (Å²) in [5.74, 6) is -0.790. The van der Waals surface area contributed by atoms with Crippen molar-refractivity contribution in [3.05, 3.63) is 64.2 Å². The van der Waals surface area contributed by atoms with Gasteiger partial charge in [0.2, 0.25) is 0 Å². The van der Waals surface area contributed by atoms with Gasteiger partial charge in [-0.3, -0.25) is 14.5 Å². The average Bonchev–Trinajstić information content (AvgIpc) is 3.12. The van der Waals surface area contributed by atoms with E-state index < -0.39 is 17.7 Å². The van der Waals surface area contributed by atoms with Gasteiger partial charge in [-0.05, 0) is 35.9 Å². The van der Waals surface area contributed by atoms with Crippen LogP contribution in [0.4, 0.5) is 0 Å². The number of ether oxygens (including phenoxy) is 3. The molecule has 2 fully saturated rings. The molecule has 180 valence electrons. The molecular formula is C25H27ClN2O6. The highest BCUT2D eigenvalue weighted by Gasteiger charge is 2.46. The summed E-state index contributed by atoms with van der Waals surface area (Å²) in [6, 6.07) is 11.0. The fourth-order valence-electron chi connectivity index (χ4n) is 4.35. The maximum Gasteiger partial charge on any atom is 0.295 e. The van der Waals surface area contributed by atoms with Gasteiger partial charge in [-0.2, -0.15) is 0 Å². The molecule has 2 aromatic carbocycles. The van der Waals surface area contributed by atoms with Gasteiger partial charge < -0.3 is 24.2 Å². The van der Waals surface area contributed by atoms with E-state index in [2.05, 4.69) is 4.90 Å². The van der Waals surface area contributed by atoms with Gasteiger partial charge in [-0.15, -0.1) is 0 Å². The molecule has 0 aromatic heterocycles. The normalized spacial score (nSPS) is 20.6. The highest BCUT2D eigenvalue weighted by atomic mass is 35.5. The van der Waals surface area contributed by atoms with Crippen LogP contribution < -0.4 is 9.47 Å². The number of morpholine rings is 1. The predicted molar refractivity (Wildman–Crippen MR) is 127 cm³/mol. The van der Waals surface area contributed by atoms with Gasteiger partial charge in [0.25, 0.3) is 11.7 Å². The minimum absolute atomic E-state index is 0.0152. The Balaban J connectivity index is 1.76. The molecule has 8 nitrogen and oxygen atoms in total. The van der Waals surface area contributed by atoms with E-state index in [9.17, 15) is 14.7 Å². The zero-order valence-corrected chi connectivity index (χ0v) is 19.9. The Hall–Kier alpha value is -3.07. The molecule has 0 radical (unpaired) electrons. The molecule has 1 atom stereocenters. The second-order valence-electron chi connectivity index (χ2n) is 8.07. The lowest BCUT2D eigenvalue weighted by atomic mass is 9.95. The van der Waals surface area contributed by atoms with Crippen molar-refractivity contribution in [3.63, 3.8) is 0 Å². The molecule has 1 amide bonds. The van der Waals surface area contributed by atoms with Crippen molar-refractivity contribution in [2.75, 3.05) is 53.6 Å². The van der Waals surface area contributed by atoms with E-state index in [-0.39, 0.29) is 11.3 Å². The number of ketones is 1. The summed E-state index contributed by atoms with van der Waals surface area (Å²) < 4.78 is 16.0. The highest BCUT2D eigenvalue weighted by molar-refractivity contribution is 6.46. The molecule has 2 heterocycles. The first-order valence-electron chi connectivity index (χ1n) is 11.0. The number of nitrogens with zero attached hydrogens (tertiary/aromatic N) is 2. The van der Waals surface area contributed by atoms with Crippen LogP contribution in [0.2, 0.25) is 5.02 Å². The Morgan fingerprint density at radius 1 is 1.06 bits per heavy atom. The number of aliphatic hydroxyl groups is 1. The van der Waals surface area contributed by atoms with Crippen molar-refractivity contribution >= 4 is 29.1 Å². The Labute approximate surface area is 203 Å². The van der Waals surface area contributed by atoms with Crippen molar-refractivity contribution in [1.82, 2.24) is 9.80 Å². The number of aliphatic hydroxyl groups excluding tert-OH is 1. The van der Waals surface area contributed by atoms with Gasteiger partial charge in [-0.25, -0.2) is 0 Å². The summed E-state index contributed by atoms with van der Waals surface area (Å²) in [6.07, 6.45) is 0. The number of halogens is 1. The topological polar surface area (TPSA) is 88.5 Å². The molecule has 2 aromatic rings. The van der Waals surface area contributed by atoms with Gasteiger partial charge in [-0.1, -0.05) is 23.7 Å². The summed E-state index contributed by atoms with van der Waals surface area (Å²) >= 11 is 6.24. The molecular weight excluding hydrogens is 460 g/mol.